The number of carboxylic acid groups (broad SMARTS) is 1. The van der Waals surface area contributed by atoms with Gasteiger partial charge in [0, 0.05) is 0 Å². The number of aromatic hydroxyl groups is 1. The minimum Gasteiger partial charge on any atom is -0.508 e. The molecule has 1 atom stereocenters. The first kappa shape index (κ1) is 16.1. The number of phenols is 1. The molecule has 0 aliphatic heterocycles. The van der Waals surface area contributed by atoms with Gasteiger partial charge in [-0.3, -0.25) is 4.79 Å². The molecule has 0 spiro atoms. The SMILES string of the molecule is Cc1ccc(-c2cc(O)cc(C(CC(C)C)C(=O)O)c2)cc1. The Morgan fingerprint density at radius 2 is 1.68 bits per heavy atom. The van der Waals surface area contributed by atoms with E-state index in [0.717, 1.165) is 16.7 Å². The Kier molecular flexibility index (Phi) is 4.86. The molecule has 2 aromatic carbocycles. The number of rotatable bonds is 5. The molecule has 0 aliphatic carbocycles. The van der Waals surface area contributed by atoms with Crippen LogP contribution in [-0.2, 0) is 4.79 Å². The van der Waals surface area contributed by atoms with Crippen LogP contribution in [0.3, 0.4) is 0 Å². The van der Waals surface area contributed by atoms with Gasteiger partial charge in [0.25, 0.3) is 0 Å². The Bertz CT molecular complexity index is 657. The van der Waals surface area contributed by atoms with Gasteiger partial charge in [0.15, 0.2) is 0 Å². The Hall–Kier alpha value is -2.29. The number of carbonyl (C=O) groups is 1. The lowest BCUT2D eigenvalue weighted by molar-refractivity contribution is -0.139. The van der Waals surface area contributed by atoms with Gasteiger partial charge in [-0.1, -0.05) is 49.7 Å². The lowest BCUT2D eigenvalue weighted by Gasteiger charge is -2.16. The van der Waals surface area contributed by atoms with Crippen molar-refractivity contribution in [2.75, 3.05) is 0 Å². The van der Waals surface area contributed by atoms with Crippen LogP contribution in [-0.4, -0.2) is 16.2 Å². The molecule has 0 saturated heterocycles. The van der Waals surface area contributed by atoms with Gasteiger partial charge in [-0.2, -0.15) is 0 Å². The fourth-order valence-corrected chi connectivity index (χ4v) is 2.60. The molecule has 0 amide bonds. The third-order valence-corrected chi connectivity index (χ3v) is 3.73. The molecule has 3 heteroatoms. The van der Waals surface area contributed by atoms with Crippen molar-refractivity contribution in [2.24, 2.45) is 5.92 Å². The molecule has 0 radical (unpaired) electrons. The van der Waals surface area contributed by atoms with Crippen LogP contribution in [0.5, 0.6) is 5.75 Å². The van der Waals surface area contributed by atoms with Gasteiger partial charge in [0.05, 0.1) is 5.92 Å². The number of hydrogen-bond acceptors (Lipinski definition) is 2. The number of benzene rings is 2. The van der Waals surface area contributed by atoms with Crippen LogP contribution in [0.1, 0.15) is 37.3 Å². The van der Waals surface area contributed by atoms with Crippen molar-refractivity contribution in [3.05, 3.63) is 53.6 Å². The zero-order valence-electron chi connectivity index (χ0n) is 13.2. The molecule has 0 fully saturated rings. The maximum Gasteiger partial charge on any atom is 0.310 e. The summed E-state index contributed by atoms with van der Waals surface area (Å²) in [6.45, 7) is 6.01. The van der Waals surface area contributed by atoms with E-state index in [0.29, 0.717) is 12.0 Å². The summed E-state index contributed by atoms with van der Waals surface area (Å²) in [4.78, 5) is 11.6. The monoisotopic (exact) mass is 298 g/mol. The van der Waals surface area contributed by atoms with Gasteiger partial charge in [0.1, 0.15) is 5.75 Å². The quantitative estimate of drug-likeness (QED) is 0.849. The first-order valence-electron chi connectivity index (χ1n) is 7.50. The van der Waals surface area contributed by atoms with Crippen molar-refractivity contribution in [3.8, 4) is 16.9 Å². The van der Waals surface area contributed by atoms with Crippen molar-refractivity contribution in [1.82, 2.24) is 0 Å². The minimum absolute atomic E-state index is 0.100. The van der Waals surface area contributed by atoms with E-state index in [2.05, 4.69) is 0 Å². The molecular weight excluding hydrogens is 276 g/mol. The molecule has 0 aliphatic rings. The summed E-state index contributed by atoms with van der Waals surface area (Å²) < 4.78 is 0. The minimum atomic E-state index is -0.853. The summed E-state index contributed by atoms with van der Waals surface area (Å²) in [5.74, 6) is -1.08. The largest absolute Gasteiger partial charge is 0.508 e. The summed E-state index contributed by atoms with van der Waals surface area (Å²) in [5, 5.41) is 19.5. The molecule has 2 N–H and O–H groups in total. The summed E-state index contributed by atoms with van der Waals surface area (Å²) in [5.41, 5.74) is 3.62. The second-order valence-electron chi connectivity index (χ2n) is 6.20. The lowest BCUT2D eigenvalue weighted by atomic mass is 9.88. The van der Waals surface area contributed by atoms with E-state index in [-0.39, 0.29) is 11.7 Å². The second kappa shape index (κ2) is 6.65. The van der Waals surface area contributed by atoms with E-state index >= 15 is 0 Å². The van der Waals surface area contributed by atoms with Gasteiger partial charge in [-0.05, 0) is 48.1 Å². The smallest absolute Gasteiger partial charge is 0.310 e. The van der Waals surface area contributed by atoms with Crippen molar-refractivity contribution in [3.63, 3.8) is 0 Å². The predicted molar refractivity (Wildman–Crippen MR) is 88.1 cm³/mol. The fourth-order valence-electron chi connectivity index (χ4n) is 2.60. The molecule has 3 nitrogen and oxygen atoms in total. The van der Waals surface area contributed by atoms with Crippen molar-refractivity contribution < 1.29 is 15.0 Å². The number of aryl methyl sites for hydroxylation is 1. The van der Waals surface area contributed by atoms with Crippen LogP contribution < -0.4 is 0 Å². The van der Waals surface area contributed by atoms with Crippen molar-refractivity contribution in [2.45, 2.75) is 33.1 Å². The highest BCUT2D eigenvalue weighted by Gasteiger charge is 2.22. The average Bonchev–Trinajstić information content (AvgIpc) is 2.44. The summed E-state index contributed by atoms with van der Waals surface area (Å²) in [7, 11) is 0. The summed E-state index contributed by atoms with van der Waals surface area (Å²) in [6, 6.07) is 13.1. The number of aliphatic carboxylic acids is 1. The first-order chi connectivity index (χ1) is 10.4. The Morgan fingerprint density at radius 1 is 1.05 bits per heavy atom. The molecule has 116 valence electrons. The van der Waals surface area contributed by atoms with Gasteiger partial charge >= 0.3 is 5.97 Å². The standard InChI is InChI=1S/C19H22O3/c1-12(2)8-18(19(21)22)16-9-15(10-17(20)11-16)14-6-4-13(3)5-7-14/h4-7,9-12,18,20H,8H2,1-3H3,(H,21,22). The molecule has 0 heterocycles. The van der Waals surface area contributed by atoms with Gasteiger partial charge in [0.2, 0.25) is 0 Å². The van der Waals surface area contributed by atoms with Crippen LogP contribution in [0, 0.1) is 12.8 Å². The van der Waals surface area contributed by atoms with Gasteiger partial charge in [-0.25, -0.2) is 0 Å². The van der Waals surface area contributed by atoms with Crippen LogP contribution in [0.25, 0.3) is 11.1 Å². The van der Waals surface area contributed by atoms with E-state index in [1.54, 1.807) is 12.1 Å². The fraction of sp³-hybridized carbons (Fsp3) is 0.316. The molecule has 22 heavy (non-hydrogen) atoms. The van der Waals surface area contributed by atoms with E-state index in [4.69, 9.17) is 0 Å². The van der Waals surface area contributed by atoms with Crippen LogP contribution in [0.4, 0.5) is 0 Å². The molecule has 0 saturated carbocycles. The van der Waals surface area contributed by atoms with Crippen LogP contribution in [0.15, 0.2) is 42.5 Å². The molecule has 0 bridgehead atoms. The maximum absolute atomic E-state index is 11.6. The molecule has 2 aromatic rings. The zero-order valence-corrected chi connectivity index (χ0v) is 13.2. The number of carboxylic acids is 1. The Labute approximate surface area is 131 Å². The third kappa shape index (κ3) is 3.88. The predicted octanol–water partition coefficient (Wildman–Crippen LogP) is 4.58. The van der Waals surface area contributed by atoms with Crippen molar-refractivity contribution in [1.29, 1.82) is 0 Å². The lowest BCUT2D eigenvalue weighted by Crippen LogP contribution is -2.14. The summed E-state index contributed by atoms with van der Waals surface area (Å²) >= 11 is 0. The Morgan fingerprint density at radius 3 is 2.23 bits per heavy atom. The van der Waals surface area contributed by atoms with E-state index in [1.165, 1.54) is 0 Å². The molecule has 1 unspecified atom stereocenters. The molecular formula is C19H22O3. The van der Waals surface area contributed by atoms with Crippen LogP contribution in [0.2, 0.25) is 0 Å². The van der Waals surface area contributed by atoms with Gasteiger partial charge in [-0.15, -0.1) is 0 Å². The van der Waals surface area contributed by atoms with Crippen molar-refractivity contribution >= 4 is 5.97 Å². The third-order valence-electron chi connectivity index (χ3n) is 3.73. The summed E-state index contributed by atoms with van der Waals surface area (Å²) in [6.07, 6.45) is 0.548. The molecule has 2 rings (SSSR count). The van der Waals surface area contributed by atoms with Gasteiger partial charge < -0.3 is 10.2 Å². The first-order valence-corrected chi connectivity index (χ1v) is 7.50. The average molecular weight is 298 g/mol. The highest BCUT2D eigenvalue weighted by molar-refractivity contribution is 5.78. The topological polar surface area (TPSA) is 57.5 Å². The maximum atomic E-state index is 11.6. The highest BCUT2D eigenvalue weighted by atomic mass is 16.4. The van der Waals surface area contributed by atoms with E-state index < -0.39 is 11.9 Å². The second-order valence-corrected chi connectivity index (χ2v) is 6.20. The van der Waals surface area contributed by atoms with E-state index in [1.807, 2.05) is 51.1 Å². The molecule has 0 aromatic heterocycles. The Balaban J connectivity index is 2.45. The zero-order chi connectivity index (χ0) is 16.3. The normalized spacial score (nSPS) is 12.4. The number of phenolic OH excluding ortho intramolecular Hbond substituents is 1. The number of hydrogen-bond donors (Lipinski definition) is 2. The van der Waals surface area contributed by atoms with E-state index in [9.17, 15) is 15.0 Å². The highest BCUT2D eigenvalue weighted by Crippen LogP contribution is 2.32. The van der Waals surface area contributed by atoms with Crippen LogP contribution >= 0.6 is 0 Å².